The van der Waals surface area contributed by atoms with Crippen LogP contribution in [-0.4, -0.2) is 5.11 Å². The summed E-state index contributed by atoms with van der Waals surface area (Å²) in [4.78, 5) is 11.5. The maximum absolute atomic E-state index is 11.5. The van der Waals surface area contributed by atoms with Crippen molar-refractivity contribution in [3.63, 3.8) is 0 Å². The molecule has 0 amide bonds. The van der Waals surface area contributed by atoms with Gasteiger partial charge in [0.1, 0.15) is 11.3 Å². The Hall–Kier alpha value is -2.03. The first-order valence-electron chi connectivity index (χ1n) is 4.52. The van der Waals surface area contributed by atoms with Gasteiger partial charge in [0.2, 0.25) is 0 Å². The fraction of sp³-hybridized carbons (Fsp3) is 0.0833. The molecule has 1 heterocycles. The molecular formula is C12H10O3. The number of phenolic OH excluding ortho intramolecular Hbond substituents is 1. The Kier molecular flexibility index (Phi) is 2.08. The normalized spacial score (nSPS) is 10.5. The Balaban J connectivity index is 2.97. The SMILES string of the molecule is C=Cc1c(C)c2ccc(O)cc2oc1=O. The molecule has 0 aliphatic carbocycles. The number of aryl methyl sites for hydroxylation is 1. The largest absolute Gasteiger partial charge is 0.508 e. The van der Waals surface area contributed by atoms with Crippen LogP contribution in [0.4, 0.5) is 0 Å². The van der Waals surface area contributed by atoms with E-state index >= 15 is 0 Å². The lowest BCUT2D eigenvalue weighted by molar-refractivity contribution is 0.473. The van der Waals surface area contributed by atoms with E-state index in [9.17, 15) is 9.90 Å². The van der Waals surface area contributed by atoms with Crippen molar-refractivity contribution in [3.05, 3.63) is 46.3 Å². The Bertz CT molecular complexity index is 594. The molecule has 2 rings (SSSR count). The van der Waals surface area contributed by atoms with Crippen molar-refractivity contribution in [2.75, 3.05) is 0 Å². The summed E-state index contributed by atoms with van der Waals surface area (Å²) in [5.41, 5.74) is 1.24. The molecule has 0 spiro atoms. The van der Waals surface area contributed by atoms with Gasteiger partial charge in [-0.3, -0.25) is 0 Å². The molecule has 0 unspecified atom stereocenters. The van der Waals surface area contributed by atoms with Crippen LogP contribution in [0.1, 0.15) is 11.1 Å². The zero-order valence-corrected chi connectivity index (χ0v) is 8.28. The van der Waals surface area contributed by atoms with Gasteiger partial charge in [-0.25, -0.2) is 4.79 Å². The molecule has 15 heavy (non-hydrogen) atoms. The molecular weight excluding hydrogens is 192 g/mol. The van der Waals surface area contributed by atoms with Gasteiger partial charge in [-0.1, -0.05) is 12.7 Å². The zero-order valence-electron chi connectivity index (χ0n) is 8.28. The number of hydrogen-bond acceptors (Lipinski definition) is 3. The molecule has 0 saturated carbocycles. The molecule has 1 N–H and O–H groups in total. The lowest BCUT2D eigenvalue weighted by Crippen LogP contribution is -2.05. The number of fused-ring (bicyclic) bond motifs is 1. The minimum atomic E-state index is -0.430. The minimum absolute atomic E-state index is 0.0800. The first-order valence-corrected chi connectivity index (χ1v) is 4.52. The van der Waals surface area contributed by atoms with Crippen LogP contribution < -0.4 is 5.63 Å². The van der Waals surface area contributed by atoms with Crippen molar-refractivity contribution in [3.8, 4) is 5.75 Å². The lowest BCUT2D eigenvalue weighted by atomic mass is 10.1. The van der Waals surface area contributed by atoms with Gasteiger partial charge in [0, 0.05) is 11.5 Å². The van der Waals surface area contributed by atoms with Crippen LogP contribution in [0, 0.1) is 6.92 Å². The summed E-state index contributed by atoms with van der Waals surface area (Å²) >= 11 is 0. The van der Waals surface area contributed by atoms with Crippen LogP contribution in [0.5, 0.6) is 5.75 Å². The lowest BCUT2D eigenvalue weighted by Gasteiger charge is -2.03. The average molecular weight is 202 g/mol. The van der Waals surface area contributed by atoms with Crippen molar-refractivity contribution in [1.82, 2.24) is 0 Å². The number of phenols is 1. The van der Waals surface area contributed by atoms with Crippen LogP contribution in [0.3, 0.4) is 0 Å². The van der Waals surface area contributed by atoms with Crippen molar-refractivity contribution in [1.29, 1.82) is 0 Å². The number of hydrogen-bond donors (Lipinski definition) is 1. The molecule has 76 valence electrons. The number of benzene rings is 1. The van der Waals surface area contributed by atoms with E-state index in [1.807, 2.05) is 6.92 Å². The van der Waals surface area contributed by atoms with Crippen LogP contribution in [0.15, 0.2) is 34.0 Å². The molecule has 3 nitrogen and oxygen atoms in total. The summed E-state index contributed by atoms with van der Waals surface area (Å²) in [6.45, 7) is 5.39. The van der Waals surface area contributed by atoms with Gasteiger partial charge in [0.15, 0.2) is 0 Å². The Morgan fingerprint density at radius 1 is 1.47 bits per heavy atom. The van der Waals surface area contributed by atoms with Crippen LogP contribution in [0.25, 0.3) is 17.0 Å². The smallest absolute Gasteiger partial charge is 0.343 e. The van der Waals surface area contributed by atoms with E-state index in [0.717, 1.165) is 10.9 Å². The van der Waals surface area contributed by atoms with Gasteiger partial charge in [-0.05, 0) is 24.6 Å². The molecule has 3 heteroatoms. The molecule has 0 aliphatic heterocycles. The summed E-state index contributed by atoms with van der Waals surface area (Å²) < 4.78 is 5.06. The van der Waals surface area contributed by atoms with Crippen LogP contribution >= 0.6 is 0 Å². The highest BCUT2D eigenvalue weighted by Crippen LogP contribution is 2.23. The van der Waals surface area contributed by atoms with Gasteiger partial charge in [-0.2, -0.15) is 0 Å². The van der Waals surface area contributed by atoms with Crippen molar-refractivity contribution >= 4 is 17.0 Å². The first kappa shape index (κ1) is 9.52. The second kappa shape index (κ2) is 3.28. The first-order chi connectivity index (χ1) is 7.13. The summed E-state index contributed by atoms with van der Waals surface area (Å²) in [5, 5.41) is 10.1. The highest BCUT2D eigenvalue weighted by Gasteiger charge is 2.08. The topological polar surface area (TPSA) is 50.4 Å². The third-order valence-electron chi connectivity index (χ3n) is 2.40. The van der Waals surface area contributed by atoms with Gasteiger partial charge in [0.05, 0.1) is 5.56 Å². The highest BCUT2D eigenvalue weighted by molar-refractivity contribution is 5.84. The van der Waals surface area contributed by atoms with E-state index in [0.29, 0.717) is 11.1 Å². The second-order valence-corrected chi connectivity index (χ2v) is 3.31. The predicted molar refractivity (Wildman–Crippen MR) is 59.0 cm³/mol. The van der Waals surface area contributed by atoms with E-state index in [1.165, 1.54) is 12.1 Å². The monoisotopic (exact) mass is 202 g/mol. The fourth-order valence-corrected chi connectivity index (χ4v) is 1.59. The van der Waals surface area contributed by atoms with Gasteiger partial charge >= 0.3 is 5.63 Å². The minimum Gasteiger partial charge on any atom is -0.508 e. The molecule has 0 aliphatic rings. The zero-order chi connectivity index (χ0) is 11.0. The summed E-state index contributed by atoms with van der Waals surface area (Å²) in [5.74, 6) is 0.0800. The molecule has 0 saturated heterocycles. The van der Waals surface area contributed by atoms with Crippen molar-refractivity contribution in [2.45, 2.75) is 6.92 Å². The quantitative estimate of drug-likeness (QED) is 0.722. The Morgan fingerprint density at radius 2 is 2.20 bits per heavy atom. The van der Waals surface area contributed by atoms with E-state index in [4.69, 9.17) is 4.42 Å². The van der Waals surface area contributed by atoms with Crippen LogP contribution in [0.2, 0.25) is 0 Å². The number of aromatic hydroxyl groups is 1. The highest BCUT2D eigenvalue weighted by atomic mass is 16.4. The van der Waals surface area contributed by atoms with Crippen molar-refractivity contribution < 1.29 is 9.52 Å². The third kappa shape index (κ3) is 1.42. The summed E-state index contributed by atoms with van der Waals surface area (Å²) in [6, 6.07) is 4.70. The molecule has 2 aromatic rings. The fourth-order valence-electron chi connectivity index (χ4n) is 1.59. The van der Waals surface area contributed by atoms with Gasteiger partial charge in [-0.15, -0.1) is 0 Å². The predicted octanol–water partition coefficient (Wildman–Crippen LogP) is 2.45. The molecule has 0 radical (unpaired) electrons. The van der Waals surface area contributed by atoms with E-state index in [1.54, 1.807) is 12.1 Å². The third-order valence-corrected chi connectivity index (χ3v) is 2.40. The summed E-state index contributed by atoms with van der Waals surface area (Å²) in [6.07, 6.45) is 1.48. The van der Waals surface area contributed by atoms with E-state index < -0.39 is 5.63 Å². The molecule has 0 bridgehead atoms. The van der Waals surface area contributed by atoms with E-state index in [2.05, 4.69) is 6.58 Å². The average Bonchev–Trinajstić information content (AvgIpc) is 2.17. The Morgan fingerprint density at radius 3 is 2.87 bits per heavy atom. The maximum atomic E-state index is 11.5. The van der Waals surface area contributed by atoms with E-state index in [-0.39, 0.29) is 5.75 Å². The molecule has 0 fully saturated rings. The Labute approximate surface area is 86.3 Å². The summed E-state index contributed by atoms with van der Waals surface area (Å²) in [7, 11) is 0. The standard InChI is InChI=1S/C12H10O3/c1-3-9-7(2)10-5-4-8(13)6-11(10)15-12(9)14/h3-6,13H,1H2,2H3. The molecule has 1 aromatic heterocycles. The van der Waals surface area contributed by atoms with Crippen molar-refractivity contribution in [2.24, 2.45) is 0 Å². The molecule has 1 aromatic carbocycles. The second-order valence-electron chi connectivity index (χ2n) is 3.31. The van der Waals surface area contributed by atoms with Gasteiger partial charge < -0.3 is 9.52 Å². The maximum Gasteiger partial charge on any atom is 0.343 e. The number of rotatable bonds is 1. The van der Waals surface area contributed by atoms with Gasteiger partial charge in [0.25, 0.3) is 0 Å². The van der Waals surface area contributed by atoms with Crippen LogP contribution in [-0.2, 0) is 0 Å². The molecule has 0 atom stereocenters.